The number of hydrogen-bond donors (Lipinski definition) is 2. The minimum atomic E-state index is -4.66. The molecule has 0 atom stereocenters. The Balaban J connectivity index is 1.67. The molecule has 3 rings (SSSR count). The van der Waals surface area contributed by atoms with Crippen LogP contribution in [0.1, 0.15) is 18.2 Å². The normalized spacial score (nSPS) is 11.6. The minimum absolute atomic E-state index is 0.0661. The zero-order chi connectivity index (χ0) is 26.5. The van der Waals surface area contributed by atoms with Crippen molar-refractivity contribution in [2.45, 2.75) is 13.1 Å². The third kappa shape index (κ3) is 6.95. The predicted octanol–water partition coefficient (Wildman–Crippen LogP) is 7.24. The molecule has 0 spiro atoms. The molecule has 2 amide bonds. The van der Waals surface area contributed by atoms with Gasteiger partial charge in [-0.3, -0.25) is 9.99 Å². The lowest BCUT2D eigenvalue weighted by atomic mass is 10.2. The number of nitrogens with one attached hydrogen (secondary N) is 2. The topological polar surface area (TPSA) is 78.8 Å². The highest BCUT2D eigenvalue weighted by Gasteiger charge is 2.33. The Morgan fingerprint density at radius 1 is 1.14 bits per heavy atom. The zero-order valence-corrected chi connectivity index (χ0v) is 19.8. The summed E-state index contributed by atoms with van der Waals surface area (Å²) in [7, 11) is 1.68. The number of ether oxygens (including phenoxy) is 1. The van der Waals surface area contributed by atoms with E-state index in [1.54, 1.807) is 20.2 Å². The first-order valence-electron chi connectivity index (χ1n) is 10.2. The number of allylic oxidation sites excluding steroid dienone is 1. The zero-order valence-electron chi connectivity index (χ0n) is 19.0. The molecular weight excluding hydrogens is 502 g/mol. The summed E-state index contributed by atoms with van der Waals surface area (Å²) in [6.45, 7) is 5.18. The van der Waals surface area contributed by atoms with Crippen LogP contribution in [-0.2, 0) is 6.18 Å². The Kier molecular flexibility index (Phi) is 8.15. The van der Waals surface area contributed by atoms with E-state index in [-0.39, 0.29) is 17.2 Å². The van der Waals surface area contributed by atoms with Crippen molar-refractivity contribution in [3.05, 3.63) is 83.0 Å². The summed E-state index contributed by atoms with van der Waals surface area (Å²) < 4.78 is 58.8. The molecule has 36 heavy (non-hydrogen) atoms. The first kappa shape index (κ1) is 26.5. The Labute approximate surface area is 209 Å². The van der Waals surface area contributed by atoms with Crippen molar-refractivity contribution >= 4 is 41.3 Å². The number of benzene rings is 2. The van der Waals surface area contributed by atoms with E-state index >= 15 is 0 Å². The number of anilines is 2. The number of urea groups is 1. The fourth-order valence-electron chi connectivity index (χ4n) is 2.95. The largest absolute Gasteiger partial charge is 0.454 e. The molecule has 0 fully saturated rings. The standard InChI is InChI=1S/C24H20ClF4N5O2/c1-14(13-34(3)30-2)21-11-22(20(26)12-31-21)36-17-7-4-15(5-8-17)32-23(35)33-16-6-9-19(25)18(10-16)24(27,28)29/h4-13H,2H2,1,3H3,(H2,32,33,35)/b14-13+. The van der Waals surface area contributed by atoms with Crippen molar-refractivity contribution in [1.29, 1.82) is 0 Å². The fraction of sp³-hybridized carbons (Fsp3) is 0.125. The van der Waals surface area contributed by atoms with Crippen LogP contribution in [0.5, 0.6) is 11.5 Å². The number of rotatable bonds is 7. The smallest absolute Gasteiger partial charge is 0.417 e. The van der Waals surface area contributed by atoms with E-state index in [2.05, 4.69) is 27.4 Å². The van der Waals surface area contributed by atoms with E-state index in [0.29, 0.717) is 17.0 Å². The lowest BCUT2D eigenvalue weighted by Gasteiger charge is -2.13. The van der Waals surface area contributed by atoms with Gasteiger partial charge in [0.2, 0.25) is 0 Å². The summed E-state index contributed by atoms with van der Waals surface area (Å²) in [5.74, 6) is -0.468. The maximum absolute atomic E-state index is 14.2. The minimum Gasteiger partial charge on any atom is -0.454 e. The number of hydrogen-bond acceptors (Lipinski definition) is 5. The number of nitrogens with zero attached hydrogens (tertiary/aromatic N) is 3. The SMILES string of the molecule is C=NN(C)/C=C(\C)c1cc(Oc2ccc(NC(=O)Nc3ccc(Cl)c(C(F)(F)F)c3)cc2)c(F)cn1. The van der Waals surface area contributed by atoms with Gasteiger partial charge in [0, 0.05) is 37.4 Å². The van der Waals surface area contributed by atoms with Gasteiger partial charge in [0.25, 0.3) is 0 Å². The third-order valence-electron chi connectivity index (χ3n) is 4.70. The summed E-state index contributed by atoms with van der Waals surface area (Å²) in [4.78, 5) is 16.2. The average molecular weight is 522 g/mol. The Hall–Kier alpha value is -4.12. The number of pyridine rings is 1. The van der Waals surface area contributed by atoms with E-state index in [1.807, 2.05) is 0 Å². The summed E-state index contributed by atoms with van der Waals surface area (Å²) in [6, 6.07) is 9.61. The molecule has 1 aromatic heterocycles. The predicted molar refractivity (Wildman–Crippen MR) is 131 cm³/mol. The molecule has 0 saturated heterocycles. The highest BCUT2D eigenvalue weighted by atomic mass is 35.5. The Morgan fingerprint density at radius 3 is 2.42 bits per heavy atom. The van der Waals surface area contributed by atoms with E-state index in [1.165, 1.54) is 41.4 Å². The van der Waals surface area contributed by atoms with Crippen LogP contribution in [0.3, 0.4) is 0 Å². The van der Waals surface area contributed by atoms with Gasteiger partial charge in [-0.1, -0.05) is 11.6 Å². The van der Waals surface area contributed by atoms with E-state index in [0.717, 1.165) is 18.3 Å². The number of carbonyl (C=O) groups excluding carboxylic acids is 1. The van der Waals surface area contributed by atoms with Crippen LogP contribution >= 0.6 is 11.6 Å². The highest BCUT2D eigenvalue weighted by molar-refractivity contribution is 6.31. The van der Waals surface area contributed by atoms with Crippen LogP contribution in [0, 0.1) is 5.82 Å². The molecular formula is C24H20ClF4N5O2. The quantitative estimate of drug-likeness (QED) is 0.195. The molecule has 7 nitrogen and oxygen atoms in total. The highest BCUT2D eigenvalue weighted by Crippen LogP contribution is 2.36. The van der Waals surface area contributed by atoms with Crippen LogP contribution in [-0.4, -0.2) is 29.8 Å². The average Bonchev–Trinajstić information content (AvgIpc) is 2.82. The van der Waals surface area contributed by atoms with Gasteiger partial charge in [-0.2, -0.15) is 18.3 Å². The van der Waals surface area contributed by atoms with Crippen LogP contribution in [0.15, 0.2) is 66.0 Å². The van der Waals surface area contributed by atoms with E-state index < -0.39 is 28.6 Å². The van der Waals surface area contributed by atoms with Gasteiger partial charge in [0.05, 0.1) is 22.5 Å². The van der Waals surface area contributed by atoms with Crippen LogP contribution in [0.4, 0.5) is 33.7 Å². The van der Waals surface area contributed by atoms with Gasteiger partial charge in [-0.25, -0.2) is 9.18 Å². The van der Waals surface area contributed by atoms with Crippen molar-refractivity contribution in [3.8, 4) is 11.5 Å². The van der Waals surface area contributed by atoms with Crippen molar-refractivity contribution in [3.63, 3.8) is 0 Å². The number of alkyl halides is 3. The molecule has 3 aromatic rings. The van der Waals surface area contributed by atoms with Gasteiger partial charge in [0.1, 0.15) is 5.75 Å². The molecule has 0 unspecified atom stereocenters. The van der Waals surface area contributed by atoms with E-state index in [4.69, 9.17) is 16.3 Å². The number of halogens is 5. The molecule has 12 heteroatoms. The lowest BCUT2D eigenvalue weighted by Crippen LogP contribution is -2.19. The van der Waals surface area contributed by atoms with Gasteiger partial charge >= 0.3 is 12.2 Å². The summed E-state index contributed by atoms with van der Waals surface area (Å²) in [6.07, 6.45) is -1.97. The molecule has 2 N–H and O–H groups in total. The van der Waals surface area contributed by atoms with Gasteiger partial charge in [-0.05, 0) is 55.0 Å². The van der Waals surface area contributed by atoms with Crippen molar-refractivity contribution in [1.82, 2.24) is 9.99 Å². The molecule has 0 aliphatic carbocycles. The lowest BCUT2D eigenvalue weighted by molar-refractivity contribution is -0.137. The number of hydrazone groups is 1. The van der Waals surface area contributed by atoms with Gasteiger partial charge in [0.15, 0.2) is 11.6 Å². The first-order chi connectivity index (χ1) is 17.0. The molecule has 1 heterocycles. The first-order valence-corrected chi connectivity index (χ1v) is 10.6. The summed E-state index contributed by atoms with van der Waals surface area (Å²) in [5, 5.41) is 9.51. The van der Waals surface area contributed by atoms with Crippen LogP contribution in [0.25, 0.3) is 5.57 Å². The van der Waals surface area contributed by atoms with Gasteiger partial charge < -0.3 is 15.4 Å². The second-order valence-corrected chi connectivity index (χ2v) is 7.83. The molecule has 2 aromatic carbocycles. The molecule has 0 aliphatic rings. The molecule has 0 bridgehead atoms. The number of amides is 2. The Bertz CT molecular complexity index is 1300. The molecule has 0 saturated carbocycles. The monoisotopic (exact) mass is 521 g/mol. The number of carbonyl (C=O) groups is 1. The maximum atomic E-state index is 14.2. The van der Waals surface area contributed by atoms with Crippen LogP contribution < -0.4 is 15.4 Å². The molecule has 0 aliphatic heterocycles. The third-order valence-corrected chi connectivity index (χ3v) is 5.03. The van der Waals surface area contributed by atoms with E-state index in [9.17, 15) is 22.4 Å². The second-order valence-electron chi connectivity index (χ2n) is 7.43. The van der Waals surface area contributed by atoms with Crippen LogP contribution in [0.2, 0.25) is 5.02 Å². The van der Waals surface area contributed by atoms with Gasteiger partial charge in [-0.15, -0.1) is 0 Å². The maximum Gasteiger partial charge on any atom is 0.417 e. The number of aromatic nitrogens is 1. The van der Waals surface area contributed by atoms with Crippen molar-refractivity contribution < 1.29 is 27.1 Å². The fourth-order valence-corrected chi connectivity index (χ4v) is 3.17. The molecule has 188 valence electrons. The van der Waals surface area contributed by atoms with Crippen molar-refractivity contribution in [2.75, 3.05) is 17.7 Å². The second kappa shape index (κ2) is 11.1. The summed E-state index contributed by atoms with van der Waals surface area (Å²) in [5.41, 5.74) is 0.327. The van der Waals surface area contributed by atoms with Crippen molar-refractivity contribution in [2.24, 2.45) is 5.10 Å². The summed E-state index contributed by atoms with van der Waals surface area (Å²) >= 11 is 5.58. The molecule has 0 radical (unpaired) electrons. The Morgan fingerprint density at radius 2 is 1.78 bits per heavy atom.